The van der Waals surface area contributed by atoms with E-state index in [1.54, 1.807) is 6.92 Å². The SMILES string of the molecule is Cc1ccccc1C(C)(C)C(=O)NC(C)c1nc(C)c(C(=O)O)s1. The van der Waals surface area contributed by atoms with Gasteiger partial charge < -0.3 is 10.4 Å². The van der Waals surface area contributed by atoms with E-state index in [2.05, 4.69) is 10.3 Å². The van der Waals surface area contributed by atoms with E-state index in [9.17, 15) is 9.59 Å². The maximum Gasteiger partial charge on any atom is 0.347 e. The summed E-state index contributed by atoms with van der Waals surface area (Å²) in [5.74, 6) is -1.11. The summed E-state index contributed by atoms with van der Waals surface area (Å²) in [6, 6.07) is 7.45. The first kappa shape index (κ1) is 18.1. The molecule has 0 aliphatic rings. The van der Waals surface area contributed by atoms with Crippen LogP contribution in [0.15, 0.2) is 24.3 Å². The molecule has 1 amide bonds. The molecule has 1 atom stereocenters. The number of carboxylic acid groups (broad SMARTS) is 1. The molecule has 0 saturated heterocycles. The minimum absolute atomic E-state index is 0.117. The molecule has 0 radical (unpaired) electrons. The van der Waals surface area contributed by atoms with Crippen LogP contribution in [0.3, 0.4) is 0 Å². The molecule has 2 aromatic rings. The number of aromatic carboxylic acids is 1. The smallest absolute Gasteiger partial charge is 0.347 e. The van der Waals surface area contributed by atoms with Crippen molar-refractivity contribution in [1.29, 1.82) is 0 Å². The van der Waals surface area contributed by atoms with Crippen LogP contribution in [0.2, 0.25) is 0 Å². The van der Waals surface area contributed by atoms with Crippen molar-refractivity contribution in [3.8, 4) is 0 Å². The lowest BCUT2D eigenvalue weighted by Crippen LogP contribution is -2.41. The summed E-state index contributed by atoms with van der Waals surface area (Å²) in [5, 5.41) is 12.7. The van der Waals surface area contributed by atoms with E-state index in [0.29, 0.717) is 10.7 Å². The molecule has 24 heavy (non-hydrogen) atoms. The predicted octanol–water partition coefficient (Wildman–Crippen LogP) is 3.61. The molecule has 1 aromatic carbocycles. The second kappa shape index (κ2) is 6.73. The van der Waals surface area contributed by atoms with E-state index in [0.717, 1.165) is 22.5 Å². The van der Waals surface area contributed by atoms with E-state index >= 15 is 0 Å². The molecule has 1 unspecified atom stereocenters. The van der Waals surface area contributed by atoms with Gasteiger partial charge in [-0.05, 0) is 45.7 Å². The molecule has 0 spiro atoms. The molecule has 1 heterocycles. The highest BCUT2D eigenvalue weighted by Gasteiger charge is 2.32. The monoisotopic (exact) mass is 346 g/mol. The standard InChI is InChI=1S/C18H22N2O3S/c1-10-8-6-7-9-13(10)18(4,5)17(23)20-12(3)15-19-11(2)14(24-15)16(21)22/h6-9,12H,1-5H3,(H,20,23)(H,21,22). The highest BCUT2D eigenvalue weighted by molar-refractivity contribution is 7.13. The van der Waals surface area contributed by atoms with E-state index in [4.69, 9.17) is 5.11 Å². The van der Waals surface area contributed by atoms with E-state index < -0.39 is 11.4 Å². The number of thiazole rings is 1. The summed E-state index contributed by atoms with van der Waals surface area (Å²) in [6.07, 6.45) is 0. The first-order chi connectivity index (χ1) is 11.1. The lowest BCUT2D eigenvalue weighted by atomic mass is 9.81. The minimum atomic E-state index is -0.991. The lowest BCUT2D eigenvalue weighted by Gasteiger charge is -2.27. The molecule has 2 rings (SSSR count). The van der Waals surface area contributed by atoms with Crippen molar-refractivity contribution in [2.45, 2.75) is 46.1 Å². The molecule has 0 aliphatic carbocycles. The molecular formula is C18H22N2O3S. The Morgan fingerprint density at radius 1 is 1.25 bits per heavy atom. The highest BCUT2D eigenvalue weighted by atomic mass is 32.1. The van der Waals surface area contributed by atoms with E-state index in [1.807, 2.05) is 52.0 Å². The summed E-state index contributed by atoms with van der Waals surface area (Å²) in [6.45, 7) is 9.22. The molecule has 0 bridgehead atoms. The van der Waals surface area contributed by atoms with Crippen LogP contribution in [-0.4, -0.2) is 22.0 Å². The van der Waals surface area contributed by atoms with Crippen LogP contribution in [-0.2, 0) is 10.2 Å². The van der Waals surface area contributed by atoms with Gasteiger partial charge in [0.05, 0.1) is 17.2 Å². The van der Waals surface area contributed by atoms with Crippen LogP contribution in [0, 0.1) is 13.8 Å². The first-order valence-electron chi connectivity index (χ1n) is 7.72. The quantitative estimate of drug-likeness (QED) is 0.867. The Labute approximate surface area is 145 Å². The summed E-state index contributed by atoms with van der Waals surface area (Å²) in [7, 11) is 0. The van der Waals surface area contributed by atoms with Crippen LogP contribution in [0.5, 0.6) is 0 Å². The zero-order valence-corrected chi connectivity index (χ0v) is 15.3. The number of aryl methyl sites for hydroxylation is 2. The van der Waals surface area contributed by atoms with Gasteiger partial charge >= 0.3 is 5.97 Å². The number of benzene rings is 1. The number of rotatable bonds is 5. The zero-order valence-electron chi connectivity index (χ0n) is 14.5. The van der Waals surface area contributed by atoms with Crippen molar-refractivity contribution < 1.29 is 14.7 Å². The van der Waals surface area contributed by atoms with Gasteiger partial charge in [-0.3, -0.25) is 4.79 Å². The molecule has 6 heteroatoms. The van der Waals surface area contributed by atoms with Gasteiger partial charge in [-0.1, -0.05) is 24.3 Å². The third-order valence-electron chi connectivity index (χ3n) is 4.11. The number of carbonyl (C=O) groups is 2. The fraction of sp³-hybridized carbons (Fsp3) is 0.389. The molecule has 128 valence electrons. The molecular weight excluding hydrogens is 324 g/mol. The van der Waals surface area contributed by atoms with Gasteiger partial charge in [-0.25, -0.2) is 9.78 Å². The average Bonchev–Trinajstić information content (AvgIpc) is 2.89. The summed E-state index contributed by atoms with van der Waals surface area (Å²) in [5.41, 5.74) is 1.81. The van der Waals surface area contributed by atoms with Crippen molar-refractivity contribution in [2.75, 3.05) is 0 Å². The van der Waals surface area contributed by atoms with Crippen molar-refractivity contribution >= 4 is 23.2 Å². The number of amides is 1. The summed E-state index contributed by atoms with van der Waals surface area (Å²) < 4.78 is 0. The highest BCUT2D eigenvalue weighted by Crippen LogP contribution is 2.29. The fourth-order valence-electron chi connectivity index (χ4n) is 2.64. The molecule has 0 saturated carbocycles. The van der Waals surface area contributed by atoms with Crippen LogP contribution in [0.4, 0.5) is 0 Å². The van der Waals surface area contributed by atoms with Gasteiger partial charge in [0.1, 0.15) is 9.88 Å². The number of nitrogens with zero attached hydrogens (tertiary/aromatic N) is 1. The van der Waals surface area contributed by atoms with Crippen molar-refractivity contribution in [1.82, 2.24) is 10.3 Å². The van der Waals surface area contributed by atoms with Gasteiger partial charge in [0, 0.05) is 0 Å². The van der Waals surface area contributed by atoms with E-state index in [1.165, 1.54) is 0 Å². The van der Waals surface area contributed by atoms with Crippen LogP contribution >= 0.6 is 11.3 Å². The first-order valence-corrected chi connectivity index (χ1v) is 8.54. The second-order valence-electron chi connectivity index (χ2n) is 6.41. The van der Waals surface area contributed by atoms with Gasteiger partial charge in [0.15, 0.2) is 0 Å². The number of nitrogens with one attached hydrogen (secondary N) is 1. The van der Waals surface area contributed by atoms with Gasteiger partial charge in [-0.2, -0.15) is 0 Å². The van der Waals surface area contributed by atoms with Crippen molar-refractivity contribution in [3.63, 3.8) is 0 Å². The van der Waals surface area contributed by atoms with Crippen molar-refractivity contribution in [2.24, 2.45) is 0 Å². The topological polar surface area (TPSA) is 79.3 Å². The Morgan fingerprint density at radius 2 is 1.88 bits per heavy atom. The van der Waals surface area contributed by atoms with E-state index in [-0.39, 0.29) is 16.8 Å². The molecule has 0 aliphatic heterocycles. The maximum atomic E-state index is 12.8. The largest absolute Gasteiger partial charge is 0.477 e. The Morgan fingerprint density at radius 3 is 2.42 bits per heavy atom. The summed E-state index contributed by atoms with van der Waals surface area (Å²) >= 11 is 1.10. The number of carboxylic acids is 1. The molecule has 2 N–H and O–H groups in total. The lowest BCUT2D eigenvalue weighted by molar-refractivity contribution is -0.126. The number of hydrogen-bond acceptors (Lipinski definition) is 4. The third-order valence-corrected chi connectivity index (χ3v) is 5.44. The van der Waals surface area contributed by atoms with Crippen LogP contribution in [0.25, 0.3) is 0 Å². The average molecular weight is 346 g/mol. The Kier molecular flexibility index (Phi) is 5.08. The van der Waals surface area contributed by atoms with Crippen molar-refractivity contribution in [3.05, 3.63) is 51.0 Å². The summed E-state index contributed by atoms with van der Waals surface area (Å²) in [4.78, 5) is 28.4. The van der Waals surface area contributed by atoms with Crippen LogP contribution < -0.4 is 5.32 Å². The Hall–Kier alpha value is -2.21. The normalized spacial score (nSPS) is 12.7. The number of aromatic nitrogens is 1. The van der Waals surface area contributed by atoms with Gasteiger partial charge in [-0.15, -0.1) is 11.3 Å². The zero-order chi connectivity index (χ0) is 18.1. The predicted molar refractivity (Wildman–Crippen MR) is 94.6 cm³/mol. The molecule has 5 nitrogen and oxygen atoms in total. The Bertz CT molecular complexity index is 780. The van der Waals surface area contributed by atoms with Gasteiger partial charge in [0.25, 0.3) is 0 Å². The number of carbonyl (C=O) groups excluding carboxylic acids is 1. The maximum absolute atomic E-state index is 12.8. The number of hydrogen-bond donors (Lipinski definition) is 2. The Balaban J connectivity index is 2.21. The second-order valence-corrected chi connectivity index (χ2v) is 7.44. The van der Waals surface area contributed by atoms with Crippen LogP contribution in [0.1, 0.15) is 58.3 Å². The molecule has 1 aromatic heterocycles. The fourth-order valence-corrected chi connectivity index (χ4v) is 3.54. The van der Waals surface area contributed by atoms with Gasteiger partial charge in [0.2, 0.25) is 5.91 Å². The minimum Gasteiger partial charge on any atom is -0.477 e. The third kappa shape index (κ3) is 3.48. The molecule has 0 fully saturated rings.